The van der Waals surface area contributed by atoms with E-state index in [4.69, 9.17) is 26.9 Å². The van der Waals surface area contributed by atoms with Crippen molar-refractivity contribution in [1.29, 1.82) is 0 Å². The fourth-order valence-corrected chi connectivity index (χ4v) is 4.42. The van der Waals surface area contributed by atoms with Crippen molar-refractivity contribution in [3.05, 3.63) is 42.0 Å². The van der Waals surface area contributed by atoms with Gasteiger partial charge in [0.25, 0.3) is 0 Å². The topological polar surface area (TPSA) is 65.6 Å². The summed E-state index contributed by atoms with van der Waals surface area (Å²) < 4.78 is 5.52. The number of benzene rings is 1. The van der Waals surface area contributed by atoms with E-state index in [1.165, 1.54) is 18.4 Å². The summed E-state index contributed by atoms with van der Waals surface area (Å²) in [5.41, 5.74) is 1.18. The van der Waals surface area contributed by atoms with Gasteiger partial charge < -0.3 is 25.2 Å². The summed E-state index contributed by atoms with van der Waals surface area (Å²) in [5.74, 6) is 3.09. The third-order valence-electron chi connectivity index (χ3n) is 5.89. The second kappa shape index (κ2) is 10.2. The van der Waals surface area contributed by atoms with Gasteiger partial charge in [-0.15, -0.1) is 0 Å². The predicted molar refractivity (Wildman–Crippen MR) is 130 cm³/mol. The molecule has 1 aromatic heterocycles. The lowest BCUT2D eigenvalue weighted by atomic mass is 10.0. The van der Waals surface area contributed by atoms with E-state index >= 15 is 0 Å². The molecule has 7 nitrogen and oxygen atoms in total. The molecule has 0 amide bonds. The van der Waals surface area contributed by atoms with Crippen LogP contribution in [0, 0.1) is 5.92 Å². The molecule has 2 saturated heterocycles. The zero-order valence-electron chi connectivity index (χ0n) is 18.4. The van der Waals surface area contributed by atoms with Crippen molar-refractivity contribution in [1.82, 2.24) is 15.3 Å². The van der Waals surface area contributed by atoms with Crippen LogP contribution in [0.1, 0.15) is 38.3 Å². The minimum absolute atomic E-state index is 0.0889. The highest BCUT2D eigenvalue weighted by atomic mass is 32.1. The summed E-state index contributed by atoms with van der Waals surface area (Å²) in [6.45, 7) is 9.55. The zero-order valence-corrected chi connectivity index (χ0v) is 19.2. The highest BCUT2D eigenvalue weighted by molar-refractivity contribution is 7.80. The van der Waals surface area contributed by atoms with Gasteiger partial charge in [0.1, 0.15) is 11.6 Å². The monoisotopic (exact) mass is 440 g/mol. The Hall–Kier alpha value is -2.45. The number of aromatic nitrogens is 2. The third-order valence-corrected chi connectivity index (χ3v) is 6.11. The van der Waals surface area contributed by atoms with E-state index in [1.54, 1.807) is 0 Å². The Kier molecular flexibility index (Phi) is 7.19. The average Bonchev–Trinajstić information content (AvgIpc) is 2.80. The van der Waals surface area contributed by atoms with E-state index in [1.807, 2.05) is 18.2 Å². The molecular weight excluding hydrogens is 408 g/mol. The van der Waals surface area contributed by atoms with Crippen molar-refractivity contribution in [2.24, 2.45) is 5.92 Å². The van der Waals surface area contributed by atoms with Gasteiger partial charge in [0.2, 0.25) is 5.95 Å². The molecule has 0 saturated carbocycles. The van der Waals surface area contributed by atoms with E-state index in [0.717, 1.165) is 51.0 Å². The minimum Gasteiger partial charge on any atom is -0.378 e. The number of ether oxygens (including phenoxy) is 1. The van der Waals surface area contributed by atoms with Crippen LogP contribution < -0.4 is 20.4 Å². The van der Waals surface area contributed by atoms with E-state index in [9.17, 15) is 0 Å². The van der Waals surface area contributed by atoms with Crippen LogP contribution in [-0.2, 0) is 4.74 Å². The van der Waals surface area contributed by atoms with Gasteiger partial charge in [-0.3, -0.25) is 0 Å². The molecule has 31 heavy (non-hydrogen) atoms. The molecule has 0 unspecified atom stereocenters. The lowest BCUT2D eigenvalue weighted by molar-refractivity contribution is 0.122. The zero-order chi connectivity index (χ0) is 21.6. The normalized spacial score (nSPS) is 20.3. The van der Waals surface area contributed by atoms with Crippen LogP contribution in [0.3, 0.4) is 0 Å². The van der Waals surface area contributed by atoms with E-state index in [0.29, 0.717) is 17.0 Å². The van der Waals surface area contributed by atoms with Crippen LogP contribution in [0.4, 0.5) is 17.6 Å². The quantitative estimate of drug-likeness (QED) is 0.684. The van der Waals surface area contributed by atoms with Gasteiger partial charge in [0, 0.05) is 32.2 Å². The molecule has 0 aliphatic carbocycles. The highest BCUT2D eigenvalue weighted by Gasteiger charge is 2.21. The van der Waals surface area contributed by atoms with Crippen LogP contribution >= 0.6 is 12.2 Å². The maximum Gasteiger partial charge on any atom is 0.232 e. The van der Waals surface area contributed by atoms with Gasteiger partial charge in [-0.1, -0.05) is 37.3 Å². The molecule has 8 heteroatoms. The molecule has 2 aromatic rings. The number of piperidine rings is 1. The van der Waals surface area contributed by atoms with Crippen molar-refractivity contribution in [2.75, 3.05) is 54.5 Å². The lowest BCUT2D eigenvalue weighted by Gasteiger charge is -2.33. The van der Waals surface area contributed by atoms with Crippen molar-refractivity contribution in [3.8, 4) is 0 Å². The average molecular weight is 441 g/mol. The molecule has 2 aliphatic rings. The lowest BCUT2D eigenvalue weighted by Crippen LogP contribution is -2.38. The third kappa shape index (κ3) is 5.83. The number of thiocarbonyl (C=S) groups is 1. The van der Waals surface area contributed by atoms with Gasteiger partial charge in [-0.25, -0.2) is 0 Å². The molecule has 2 fully saturated rings. The van der Waals surface area contributed by atoms with Crippen LogP contribution in [0.25, 0.3) is 0 Å². The molecule has 2 aliphatic heterocycles. The summed E-state index contributed by atoms with van der Waals surface area (Å²) >= 11 is 5.58. The highest BCUT2D eigenvalue weighted by Crippen LogP contribution is 2.26. The Morgan fingerprint density at radius 1 is 1.10 bits per heavy atom. The molecule has 0 spiro atoms. The number of rotatable bonds is 5. The molecular formula is C23H32N6OS. The van der Waals surface area contributed by atoms with Crippen molar-refractivity contribution in [2.45, 2.75) is 32.7 Å². The molecule has 166 valence electrons. The number of nitrogens with one attached hydrogen (secondary N) is 2. The fraction of sp³-hybridized carbons (Fsp3) is 0.522. The first kappa shape index (κ1) is 21.8. The van der Waals surface area contributed by atoms with E-state index in [2.05, 4.69) is 52.5 Å². The standard InChI is InChI=1S/C23H32N6OS/c1-17-7-6-10-29(16-17)21-15-20(28-11-13-30-14-12-28)25-22(26-21)27-23(31)24-18(2)19-8-4-3-5-9-19/h3-5,8-9,15,17-18H,6-7,10-14,16H2,1-2H3,(H2,24,25,26,27,31)/t17-,18-/m1/s1. The largest absolute Gasteiger partial charge is 0.378 e. The summed E-state index contributed by atoms with van der Waals surface area (Å²) in [7, 11) is 0. The predicted octanol–water partition coefficient (Wildman–Crippen LogP) is 3.60. The molecule has 0 bridgehead atoms. The van der Waals surface area contributed by atoms with Crippen LogP contribution in [0.5, 0.6) is 0 Å². The Bertz CT molecular complexity index is 874. The maximum absolute atomic E-state index is 5.58. The van der Waals surface area contributed by atoms with Crippen molar-refractivity contribution in [3.63, 3.8) is 0 Å². The molecule has 2 N–H and O–H groups in total. The van der Waals surface area contributed by atoms with Crippen molar-refractivity contribution >= 4 is 34.9 Å². The van der Waals surface area contributed by atoms with Gasteiger partial charge in [0.05, 0.1) is 19.3 Å². The van der Waals surface area contributed by atoms with Gasteiger partial charge >= 0.3 is 0 Å². The molecule has 4 rings (SSSR count). The van der Waals surface area contributed by atoms with Gasteiger partial charge in [0.15, 0.2) is 5.11 Å². The second-order valence-corrected chi connectivity index (χ2v) is 8.84. The summed E-state index contributed by atoms with van der Waals surface area (Å²) in [6.07, 6.45) is 2.46. The second-order valence-electron chi connectivity index (χ2n) is 8.43. The number of hydrogen-bond acceptors (Lipinski definition) is 6. The smallest absolute Gasteiger partial charge is 0.232 e. The SMILES string of the molecule is C[C@@H]1CCCN(c2cc(N3CCOCC3)nc(NC(=S)N[C@H](C)c3ccccc3)n2)C1. The number of morpholine rings is 1. The first-order valence-corrected chi connectivity index (χ1v) is 11.6. The fourth-order valence-electron chi connectivity index (χ4n) is 4.15. The Morgan fingerprint density at radius 3 is 2.52 bits per heavy atom. The maximum atomic E-state index is 5.58. The van der Waals surface area contributed by atoms with E-state index in [-0.39, 0.29) is 6.04 Å². The van der Waals surface area contributed by atoms with Crippen molar-refractivity contribution < 1.29 is 4.74 Å². The molecule has 3 heterocycles. The number of nitrogens with zero attached hydrogens (tertiary/aromatic N) is 4. The number of anilines is 3. The first-order valence-electron chi connectivity index (χ1n) is 11.2. The van der Waals surface area contributed by atoms with Crippen LogP contribution in [0.2, 0.25) is 0 Å². The van der Waals surface area contributed by atoms with Gasteiger partial charge in [-0.05, 0) is 43.5 Å². The summed E-state index contributed by atoms with van der Waals surface area (Å²) in [4.78, 5) is 14.2. The Morgan fingerprint density at radius 2 is 1.81 bits per heavy atom. The Labute approximate surface area is 190 Å². The molecule has 0 radical (unpaired) electrons. The van der Waals surface area contributed by atoms with Gasteiger partial charge in [-0.2, -0.15) is 9.97 Å². The number of hydrogen-bond donors (Lipinski definition) is 2. The summed E-state index contributed by atoms with van der Waals surface area (Å²) in [6, 6.07) is 12.5. The molecule has 2 atom stereocenters. The van der Waals surface area contributed by atoms with E-state index < -0.39 is 0 Å². The minimum atomic E-state index is 0.0889. The molecule has 1 aromatic carbocycles. The summed E-state index contributed by atoms with van der Waals surface area (Å²) in [5, 5.41) is 7.09. The Balaban J connectivity index is 1.52. The van der Waals surface area contributed by atoms with Crippen LogP contribution in [-0.4, -0.2) is 54.5 Å². The van der Waals surface area contributed by atoms with Crippen LogP contribution in [0.15, 0.2) is 36.4 Å². The first-order chi connectivity index (χ1) is 15.1.